The van der Waals surface area contributed by atoms with Gasteiger partial charge in [-0.15, -0.1) is 4.80 Å². The highest BCUT2D eigenvalue weighted by molar-refractivity contribution is 5.70. The van der Waals surface area contributed by atoms with Crippen molar-refractivity contribution in [3.05, 3.63) is 65.5 Å². The van der Waals surface area contributed by atoms with Gasteiger partial charge in [-0.3, -0.25) is 4.79 Å². The van der Waals surface area contributed by atoms with Gasteiger partial charge >= 0.3 is 5.97 Å². The van der Waals surface area contributed by atoms with E-state index in [0.717, 1.165) is 47.0 Å². The first kappa shape index (κ1) is 19.9. The van der Waals surface area contributed by atoms with Gasteiger partial charge in [-0.1, -0.05) is 24.3 Å². The molecule has 0 aliphatic heterocycles. The Hall–Kier alpha value is -3.35. The number of carboxylic acid groups (broad SMARTS) is 1. The minimum atomic E-state index is -0.841. The molecule has 0 saturated carbocycles. The van der Waals surface area contributed by atoms with Crippen molar-refractivity contribution in [2.75, 3.05) is 13.2 Å². The molecule has 0 radical (unpaired) electrons. The molecule has 0 unspecified atom stereocenters. The number of fused-ring (bicyclic) bond motifs is 1. The number of nitrogens with zero attached hydrogens (tertiary/aromatic N) is 3. The van der Waals surface area contributed by atoms with Crippen LogP contribution in [0.5, 0.6) is 11.5 Å². The second-order valence-electron chi connectivity index (χ2n) is 7.32. The molecule has 0 bridgehead atoms. The Bertz CT molecular complexity index is 974. The summed E-state index contributed by atoms with van der Waals surface area (Å²) in [5.41, 5.74) is 3.79. The van der Waals surface area contributed by atoms with Crippen molar-refractivity contribution in [3.8, 4) is 17.2 Å². The van der Waals surface area contributed by atoms with E-state index in [2.05, 4.69) is 10.2 Å². The molecule has 1 aliphatic carbocycles. The van der Waals surface area contributed by atoms with Crippen molar-refractivity contribution < 1.29 is 19.4 Å². The predicted octanol–water partition coefficient (Wildman–Crippen LogP) is 3.62. The molecular weight excluding hydrogens is 382 g/mol. The van der Waals surface area contributed by atoms with Crippen molar-refractivity contribution >= 4 is 5.97 Å². The van der Waals surface area contributed by atoms with Crippen molar-refractivity contribution in [1.29, 1.82) is 0 Å². The number of hydrogen-bond acceptors (Lipinski definition) is 5. The lowest BCUT2D eigenvalue weighted by molar-refractivity contribution is -0.136. The van der Waals surface area contributed by atoms with Crippen molar-refractivity contribution in [1.82, 2.24) is 15.0 Å². The van der Waals surface area contributed by atoms with Gasteiger partial charge in [0.05, 0.1) is 31.0 Å². The molecule has 0 atom stereocenters. The highest BCUT2D eigenvalue weighted by Gasteiger charge is 2.17. The lowest BCUT2D eigenvalue weighted by Gasteiger charge is -2.11. The minimum absolute atomic E-state index is 0.0155. The zero-order valence-corrected chi connectivity index (χ0v) is 16.8. The van der Waals surface area contributed by atoms with E-state index in [9.17, 15) is 4.79 Å². The van der Waals surface area contributed by atoms with Gasteiger partial charge in [0.15, 0.2) is 0 Å². The molecule has 0 amide bonds. The number of aromatic nitrogens is 3. The summed E-state index contributed by atoms with van der Waals surface area (Å²) in [5.74, 6) is 0.630. The largest absolute Gasteiger partial charge is 0.493 e. The molecule has 1 N–H and O–H groups in total. The lowest BCUT2D eigenvalue weighted by Crippen LogP contribution is -2.08. The molecule has 156 valence electrons. The van der Waals surface area contributed by atoms with Gasteiger partial charge in [-0.05, 0) is 55.5 Å². The second-order valence-corrected chi connectivity index (χ2v) is 7.32. The van der Waals surface area contributed by atoms with E-state index in [4.69, 9.17) is 14.6 Å². The van der Waals surface area contributed by atoms with Crippen LogP contribution in [-0.4, -0.2) is 39.3 Å². The number of benzene rings is 2. The highest BCUT2D eigenvalue weighted by Crippen LogP contribution is 2.24. The maximum Gasteiger partial charge on any atom is 0.307 e. The molecule has 30 heavy (non-hydrogen) atoms. The number of ether oxygens (including phenoxy) is 2. The maximum absolute atomic E-state index is 10.7. The summed E-state index contributed by atoms with van der Waals surface area (Å²) in [6, 6.07) is 14.9. The Labute approximate surface area is 175 Å². The molecule has 4 rings (SSSR count). The van der Waals surface area contributed by atoms with Crippen LogP contribution in [0.1, 0.15) is 36.2 Å². The monoisotopic (exact) mass is 407 g/mol. The Morgan fingerprint density at radius 2 is 1.60 bits per heavy atom. The number of aliphatic carboxylic acids is 1. The quantitative estimate of drug-likeness (QED) is 0.545. The summed E-state index contributed by atoms with van der Waals surface area (Å²) >= 11 is 0. The standard InChI is InChI=1S/C23H25N3O4/c27-23(28)16-17-10-12-18(13-11-17)29-14-5-15-30-22-9-4-3-8-21(22)26-24-19-6-1-2-7-20(19)25-26/h3-4,8-13H,1-2,5-7,14-16H2,(H,27,28). The average Bonchev–Trinajstić information content (AvgIpc) is 3.19. The minimum Gasteiger partial charge on any atom is -0.493 e. The van der Waals surface area contributed by atoms with Crippen LogP contribution in [0, 0.1) is 0 Å². The molecule has 7 heteroatoms. The predicted molar refractivity (Wildman–Crippen MR) is 111 cm³/mol. The summed E-state index contributed by atoms with van der Waals surface area (Å²) in [6.45, 7) is 1.02. The highest BCUT2D eigenvalue weighted by atomic mass is 16.5. The van der Waals surface area contributed by atoms with Gasteiger partial charge in [-0.25, -0.2) is 0 Å². The molecule has 1 aliphatic rings. The number of para-hydroxylation sites is 2. The smallest absolute Gasteiger partial charge is 0.307 e. The van der Waals surface area contributed by atoms with Crippen LogP contribution >= 0.6 is 0 Å². The second kappa shape index (κ2) is 9.43. The van der Waals surface area contributed by atoms with Crippen molar-refractivity contribution in [2.24, 2.45) is 0 Å². The molecule has 2 aromatic carbocycles. The third-order valence-corrected chi connectivity index (χ3v) is 5.02. The first-order valence-corrected chi connectivity index (χ1v) is 10.3. The number of hydrogen-bond donors (Lipinski definition) is 1. The van der Waals surface area contributed by atoms with Gasteiger partial charge < -0.3 is 14.6 Å². The first-order chi connectivity index (χ1) is 14.7. The summed E-state index contributed by atoms with van der Waals surface area (Å²) in [4.78, 5) is 12.4. The fraction of sp³-hybridized carbons (Fsp3) is 0.348. The van der Waals surface area contributed by atoms with E-state index in [0.29, 0.717) is 19.6 Å². The molecular formula is C23H25N3O4. The SMILES string of the molecule is O=C(O)Cc1ccc(OCCCOc2ccccc2-n2nc3c(n2)CCCC3)cc1. The van der Waals surface area contributed by atoms with E-state index in [1.54, 1.807) is 29.1 Å². The van der Waals surface area contributed by atoms with Crippen LogP contribution in [-0.2, 0) is 24.1 Å². The van der Waals surface area contributed by atoms with Crippen LogP contribution < -0.4 is 9.47 Å². The number of carboxylic acids is 1. The van der Waals surface area contributed by atoms with Crippen LogP contribution in [0.25, 0.3) is 5.69 Å². The third kappa shape index (κ3) is 4.97. The summed E-state index contributed by atoms with van der Waals surface area (Å²) < 4.78 is 11.7. The molecule has 3 aromatic rings. The van der Waals surface area contributed by atoms with Gasteiger partial charge in [0, 0.05) is 6.42 Å². The molecule has 0 spiro atoms. The topological polar surface area (TPSA) is 86.5 Å². The zero-order valence-electron chi connectivity index (χ0n) is 16.8. The van der Waals surface area contributed by atoms with Crippen molar-refractivity contribution in [2.45, 2.75) is 38.5 Å². The first-order valence-electron chi connectivity index (χ1n) is 10.3. The van der Waals surface area contributed by atoms with Crippen LogP contribution in [0.2, 0.25) is 0 Å². The summed E-state index contributed by atoms with van der Waals surface area (Å²) in [7, 11) is 0. The van der Waals surface area contributed by atoms with Gasteiger partial charge in [0.2, 0.25) is 0 Å². The molecule has 1 heterocycles. The third-order valence-electron chi connectivity index (χ3n) is 5.02. The number of rotatable bonds is 9. The average molecular weight is 407 g/mol. The Kier molecular flexibility index (Phi) is 6.27. The zero-order chi connectivity index (χ0) is 20.8. The molecule has 0 fully saturated rings. The van der Waals surface area contributed by atoms with E-state index < -0.39 is 5.97 Å². The number of aryl methyl sites for hydroxylation is 2. The normalized spacial score (nSPS) is 12.9. The molecule has 0 saturated heterocycles. The van der Waals surface area contributed by atoms with E-state index in [1.807, 2.05) is 24.3 Å². The van der Waals surface area contributed by atoms with E-state index in [-0.39, 0.29) is 6.42 Å². The van der Waals surface area contributed by atoms with Crippen LogP contribution in [0.15, 0.2) is 48.5 Å². The van der Waals surface area contributed by atoms with Crippen LogP contribution in [0.4, 0.5) is 0 Å². The van der Waals surface area contributed by atoms with Gasteiger partial charge in [0.1, 0.15) is 17.2 Å². The Morgan fingerprint density at radius 1 is 0.933 bits per heavy atom. The molecule has 7 nitrogen and oxygen atoms in total. The van der Waals surface area contributed by atoms with Crippen molar-refractivity contribution in [3.63, 3.8) is 0 Å². The Morgan fingerprint density at radius 3 is 2.30 bits per heavy atom. The van der Waals surface area contributed by atoms with E-state index >= 15 is 0 Å². The maximum atomic E-state index is 10.7. The van der Waals surface area contributed by atoms with E-state index in [1.165, 1.54) is 12.8 Å². The van der Waals surface area contributed by atoms with Gasteiger partial charge in [-0.2, -0.15) is 10.2 Å². The Balaban J connectivity index is 1.29. The lowest BCUT2D eigenvalue weighted by atomic mass is 10.0. The fourth-order valence-electron chi connectivity index (χ4n) is 3.50. The summed E-state index contributed by atoms with van der Waals surface area (Å²) in [6.07, 6.45) is 5.06. The fourth-order valence-corrected chi connectivity index (χ4v) is 3.50. The van der Waals surface area contributed by atoms with Gasteiger partial charge in [0.25, 0.3) is 0 Å². The molecule has 1 aromatic heterocycles. The summed E-state index contributed by atoms with van der Waals surface area (Å²) in [5, 5.41) is 18.1. The number of carbonyl (C=O) groups is 1. The van der Waals surface area contributed by atoms with Crippen LogP contribution in [0.3, 0.4) is 0 Å².